The van der Waals surface area contributed by atoms with E-state index in [2.05, 4.69) is 10.6 Å². The van der Waals surface area contributed by atoms with E-state index in [-0.39, 0.29) is 32.3 Å². The quantitative estimate of drug-likeness (QED) is 0.235. The van der Waals surface area contributed by atoms with Crippen LogP contribution in [0.4, 0.5) is 0 Å². The summed E-state index contributed by atoms with van der Waals surface area (Å²) in [5.74, 6) is -2.53. The Balaban J connectivity index is 2.39. The number of nitrogens with one attached hydrogen (secondary N) is 3. The monoisotopic (exact) mass is 352 g/mol. The molecule has 0 aliphatic carbocycles. The number of amides is 6. The van der Waals surface area contributed by atoms with E-state index < -0.39 is 35.6 Å². The summed E-state index contributed by atoms with van der Waals surface area (Å²) < 4.78 is 0. The molecule has 0 spiro atoms. The zero-order valence-corrected chi connectivity index (χ0v) is 13.7. The second-order valence-corrected chi connectivity index (χ2v) is 5.17. The summed E-state index contributed by atoms with van der Waals surface area (Å²) in [6.07, 6.45) is 2.65. The van der Waals surface area contributed by atoms with Gasteiger partial charge in [-0.1, -0.05) is 6.92 Å². The van der Waals surface area contributed by atoms with Gasteiger partial charge in [-0.05, 0) is 6.42 Å². The Kier molecular flexibility index (Phi) is 7.97. The molecule has 0 fully saturated rings. The minimum Gasteiger partial charge on any atom is -0.356 e. The molecule has 3 N–H and O–H groups in total. The molecular weight excluding hydrogens is 332 g/mol. The van der Waals surface area contributed by atoms with E-state index >= 15 is 0 Å². The van der Waals surface area contributed by atoms with Crippen LogP contribution in [-0.2, 0) is 28.8 Å². The molecule has 1 atom stereocenters. The van der Waals surface area contributed by atoms with E-state index in [9.17, 15) is 28.8 Å². The maximum absolute atomic E-state index is 11.9. The number of hydrogen-bond donors (Lipinski definition) is 3. The number of carbonyl (C=O) groups is 6. The van der Waals surface area contributed by atoms with Crippen molar-refractivity contribution in [3.05, 3.63) is 12.2 Å². The highest BCUT2D eigenvalue weighted by Crippen LogP contribution is 2.03. The van der Waals surface area contributed by atoms with Crippen LogP contribution in [0, 0.1) is 0 Å². The molecule has 10 heteroatoms. The molecule has 25 heavy (non-hydrogen) atoms. The van der Waals surface area contributed by atoms with Gasteiger partial charge in [0.05, 0.1) is 6.42 Å². The summed E-state index contributed by atoms with van der Waals surface area (Å²) in [5.41, 5.74) is 0. The predicted molar refractivity (Wildman–Crippen MR) is 84.5 cm³/mol. The standard InChI is InChI=1S/C15H20N4O6/c1-2-11(21)18-10(15(25)17-9-20)8-12(22)16-6-3-7-19-13(23)4-5-14(19)24/h4-5,9-10H,2-3,6-8H2,1H3,(H,16,22)(H,18,21)(H,17,20,25). The van der Waals surface area contributed by atoms with Crippen molar-refractivity contribution < 1.29 is 28.8 Å². The lowest BCUT2D eigenvalue weighted by Gasteiger charge is -2.17. The Morgan fingerprint density at radius 3 is 2.36 bits per heavy atom. The second-order valence-electron chi connectivity index (χ2n) is 5.17. The van der Waals surface area contributed by atoms with E-state index in [1.807, 2.05) is 5.32 Å². The Labute approximate surface area is 144 Å². The van der Waals surface area contributed by atoms with Crippen molar-refractivity contribution in [2.75, 3.05) is 13.1 Å². The Morgan fingerprint density at radius 2 is 1.80 bits per heavy atom. The van der Waals surface area contributed by atoms with Crippen LogP contribution in [-0.4, -0.2) is 60.0 Å². The minimum absolute atomic E-state index is 0.123. The third kappa shape index (κ3) is 6.53. The van der Waals surface area contributed by atoms with Gasteiger partial charge < -0.3 is 10.6 Å². The van der Waals surface area contributed by atoms with Crippen molar-refractivity contribution in [1.82, 2.24) is 20.9 Å². The van der Waals surface area contributed by atoms with Crippen LogP contribution in [0.1, 0.15) is 26.2 Å². The van der Waals surface area contributed by atoms with Crippen molar-refractivity contribution in [3.8, 4) is 0 Å². The summed E-state index contributed by atoms with van der Waals surface area (Å²) in [6, 6.07) is -1.16. The highest BCUT2D eigenvalue weighted by molar-refractivity contribution is 6.12. The zero-order chi connectivity index (χ0) is 18.8. The maximum atomic E-state index is 11.9. The minimum atomic E-state index is -1.16. The first-order chi connectivity index (χ1) is 11.9. The molecule has 0 aromatic rings. The van der Waals surface area contributed by atoms with Crippen LogP contribution in [0.15, 0.2) is 12.2 Å². The summed E-state index contributed by atoms with van der Waals surface area (Å²) in [4.78, 5) is 69.0. The first kappa shape index (κ1) is 20.0. The molecule has 1 unspecified atom stereocenters. The molecule has 0 aromatic heterocycles. The third-order valence-corrected chi connectivity index (χ3v) is 3.34. The summed E-state index contributed by atoms with van der Waals surface area (Å²) in [5, 5.41) is 6.77. The molecule has 1 rings (SSSR count). The van der Waals surface area contributed by atoms with Gasteiger partial charge in [0.1, 0.15) is 6.04 Å². The molecule has 0 saturated carbocycles. The number of rotatable bonds is 10. The normalized spacial score (nSPS) is 14.2. The van der Waals surface area contributed by atoms with Crippen LogP contribution >= 0.6 is 0 Å². The van der Waals surface area contributed by atoms with Gasteiger partial charge in [0.15, 0.2) is 0 Å². The largest absolute Gasteiger partial charge is 0.356 e. The molecule has 1 heterocycles. The molecule has 6 amide bonds. The predicted octanol–water partition coefficient (Wildman–Crippen LogP) is -2.02. The molecule has 1 aliphatic rings. The van der Waals surface area contributed by atoms with E-state index in [0.29, 0.717) is 6.42 Å². The number of nitrogens with zero attached hydrogens (tertiary/aromatic N) is 1. The lowest BCUT2D eigenvalue weighted by molar-refractivity contribution is -0.137. The van der Waals surface area contributed by atoms with Gasteiger partial charge in [-0.25, -0.2) is 0 Å². The topological polar surface area (TPSA) is 142 Å². The SMILES string of the molecule is CCC(=O)NC(CC(=O)NCCCN1C(=O)C=CC1=O)C(=O)NC=O. The summed E-state index contributed by atoms with van der Waals surface area (Å²) in [7, 11) is 0. The highest BCUT2D eigenvalue weighted by atomic mass is 16.2. The van der Waals surface area contributed by atoms with Gasteiger partial charge in [-0.2, -0.15) is 0 Å². The van der Waals surface area contributed by atoms with Crippen molar-refractivity contribution in [3.63, 3.8) is 0 Å². The first-order valence-electron chi connectivity index (χ1n) is 7.72. The first-order valence-corrected chi connectivity index (χ1v) is 7.72. The van der Waals surface area contributed by atoms with Crippen molar-refractivity contribution in [2.45, 2.75) is 32.2 Å². The van der Waals surface area contributed by atoms with E-state index in [4.69, 9.17) is 0 Å². The van der Waals surface area contributed by atoms with Crippen molar-refractivity contribution in [2.24, 2.45) is 0 Å². The Bertz CT molecular complexity index is 583. The maximum Gasteiger partial charge on any atom is 0.253 e. The van der Waals surface area contributed by atoms with Crippen LogP contribution in [0.5, 0.6) is 0 Å². The van der Waals surface area contributed by atoms with Gasteiger partial charge in [-0.3, -0.25) is 39.0 Å². The van der Waals surface area contributed by atoms with E-state index in [1.54, 1.807) is 6.92 Å². The van der Waals surface area contributed by atoms with Crippen LogP contribution in [0.3, 0.4) is 0 Å². The highest BCUT2D eigenvalue weighted by Gasteiger charge is 2.24. The van der Waals surface area contributed by atoms with Gasteiger partial charge >= 0.3 is 0 Å². The summed E-state index contributed by atoms with van der Waals surface area (Å²) >= 11 is 0. The number of imide groups is 2. The van der Waals surface area contributed by atoms with E-state index in [1.165, 1.54) is 12.2 Å². The van der Waals surface area contributed by atoms with Crippen LogP contribution in [0.2, 0.25) is 0 Å². The third-order valence-electron chi connectivity index (χ3n) is 3.34. The average molecular weight is 352 g/mol. The zero-order valence-electron chi connectivity index (χ0n) is 13.7. The fourth-order valence-electron chi connectivity index (χ4n) is 2.04. The molecular formula is C15H20N4O6. The smallest absolute Gasteiger partial charge is 0.253 e. The molecule has 0 bridgehead atoms. The van der Waals surface area contributed by atoms with Crippen molar-refractivity contribution >= 4 is 35.9 Å². The molecule has 10 nitrogen and oxygen atoms in total. The number of hydrogen-bond acceptors (Lipinski definition) is 6. The van der Waals surface area contributed by atoms with Crippen LogP contribution < -0.4 is 16.0 Å². The van der Waals surface area contributed by atoms with Gasteiger partial charge in [0, 0.05) is 31.7 Å². The molecule has 0 aromatic carbocycles. The van der Waals surface area contributed by atoms with Gasteiger partial charge in [0.2, 0.25) is 24.1 Å². The van der Waals surface area contributed by atoms with E-state index in [0.717, 1.165) is 4.90 Å². The van der Waals surface area contributed by atoms with Crippen molar-refractivity contribution in [1.29, 1.82) is 0 Å². The second kappa shape index (κ2) is 9.96. The van der Waals surface area contributed by atoms with Crippen LogP contribution in [0.25, 0.3) is 0 Å². The molecule has 0 radical (unpaired) electrons. The Morgan fingerprint density at radius 1 is 1.16 bits per heavy atom. The number of carbonyl (C=O) groups excluding carboxylic acids is 6. The fraction of sp³-hybridized carbons (Fsp3) is 0.467. The Hall–Kier alpha value is -3.04. The molecule has 136 valence electrons. The summed E-state index contributed by atoms with van der Waals surface area (Å²) in [6.45, 7) is 1.92. The molecule has 0 saturated heterocycles. The lowest BCUT2D eigenvalue weighted by Crippen LogP contribution is -2.48. The van der Waals surface area contributed by atoms with Gasteiger partial charge in [-0.15, -0.1) is 0 Å². The van der Waals surface area contributed by atoms with Gasteiger partial charge in [0.25, 0.3) is 11.8 Å². The fourth-order valence-corrected chi connectivity index (χ4v) is 2.04. The molecule has 1 aliphatic heterocycles. The lowest BCUT2D eigenvalue weighted by atomic mass is 10.1. The average Bonchev–Trinajstić information content (AvgIpc) is 2.89.